The van der Waals surface area contributed by atoms with Gasteiger partial charge < -0.3 is 19.7 Å². The molecule has 0 bridgehead atoms. The average Bonchev–Trinajstić information content (AvgIpc) is 3.08. The van der Waals surface area contributed by atoms with E-state index in [9.17, 15) is 4.79 Å². The minimum atomic E-state index is -0.0399. The van der Waals surface area contributed by atoms with Gasteiger partial charge in [-0.1, -0.05) is 6.07 Å². The first-order valence-corrected chi connectivity index (χ1v) is 8.16. The molecule has 0 atom stereocenters. The van der Waals surface area contributed by atoms with Crippen LogP contribution in [0.2, 0.25) is 0 Å². The lowest BCUT2D eigenvalue weighted by Gasteiger charge is -2.22. The van der Waals surface area contributed by atoms with Gasteiger partial charge in [-0.25, -0.2) is 4.98 Å². The summed E-state index contributed by atoms with van der Waals surface area (Å²) < 4.78 is 10.2. The van der Waals surface area contributed by atoms with Crippen LogP contribution in [0.5, 0.6) is 0 Å². The van der Waals surface area contributed by atoms with E-state index in [-0.39, 0.29) is 5.91 Å². The molecular formula is C16H21N3O3S. The number of aromatic nitrogens is 1. The molecule has 23 heavy (non-hydrogen) atoms. The third kappa shape index (κ3) is 5.31. The van der Waals surface area contributed by atoms with E-state index in [1.165, 1.54) is 11.3 Å². The number of hydrogen-bond acceptors (Lipinski definition) is 6. The summed E-state index contributed by atoms with van der Waals surface area (Å²) in [7, 11) is 3.25. The van der Waals surface area contributed by atoms with E-state index in [1.807, 2.05) is 29.6 Å². The summed E-state index contributed by atoms with van der Waals surface area (Å²) in [6.07, 6.45) is 1.74. The summed E-state index contributed by atoms with van der Waals surface area (Å²) in [6, 6.07) is 7.40. The molecule has 124 valence electrons. The van der Waals surface area contributed by atoms with E-state index in [1.54, 1.807) is 25.3 Å². The second-order valence-electron chi connectivity index (χ2n) is 4.82. The molecule has 1 aromatic heterocycles. The van der Waals surface area contributed by atoms with E-state index in [0.29, 0.717) is 31.9 Å². The lowest BCUT2D eigenvalue weighted by molar-refractivity contribution is 0.0627. The molecule has 1 amide bonds. The first kappa shape index (κ1) is 17.4. The van der Waals surface area contributed by atoms with Gasteiger partial charge >= 0.3 is 0 Å². The van der Waals surface area contributed by atoms with Crippen molar-refractivity contribution in [3.8, 4) is 0 Å². The number of benzene rings is 1. The fraction of sp³-hybridized carbons (Fsp3) is 0.375. The molecule has 0 aliphatic rings. The van der Waals surface area contributed by atoms with Crippen LogP contribution >= 0.6 is 11.3 Å². The first-order valence-electron chi connectivity index (χ1n) is 7.28. The Morgan fingerprint density at radius 3 is 2.61 bits per heavy atom. The Kier molecular flexibility index (Phi) is 6.99. The Hall–Kier alpha value is -1.96. The fourth-order valence-corrected chi connectivity index (χ4v) is 2.59. The van der Waals surface area contributed by atoms with E-state index >= 15 is 0 Å². The smallest absolute Gasteiger partial charge is 0.254 e. The highest BCUT2D eigenvalue weighted by Gasteiger charge is 2.15. The van der Waals surface area contributed by atoms with Gasteiger partial charge in [0.2, 0.25) is 0 Å². The number of hydrogen-bond donors (Lipinski definition) is 1. The van der Waals surface area contributed by atoms with Crippen molar-refractivity contribution in [1.29, 1.82) is 0 Å². The Bertz CT molecular complexity index is 596. The molecular weight excluding hydrogens is 314 g/mol. The maximum atomic E-state index is 12.7. The molecule has 0 fully saturated rings. The quantitative estimate of drug-likeness (QED) is 0.763. The van der Waals surface area contributed by atoms with Crippen molar-refractivity contribution < 1.29 is 14.3 Å². The number of amides is 1. The zero-order valence-electron chi connectivity index (χ0n) is 13.3. The third-order valence-corrected chi connectivity index (χ3v) is 3.90. The highest BCUT2D eigenvalue weighted by Crippen LogP contribution is 2.20. The van der Waals surface area contributed by atoms with Gasteiger partial charge in [0.15, 0.2) is 5.13 Å². The van der Waals surface area contributed by atoms with Crippen molar-refractivity contribution in [2.45, 2.75) is 0 Å². The van der Waals surface area contributed by atoms with Gasteiger partial charge in [-0.15, -0.1) is 11.3 Å². The summed E-state index contributed by atoms with van der Waals surface area (Å²) in [5.41, 5.74) is 1.46. The van der Waals surface area contributed by atoms with Crippen LogP contribution in [-0.2, 0) is 9.47 Å². The summed E-state index contributed by atoms with van der Waals surface area (Å²) in [5, 5.41) is 5.89. The predicted molar refractivity (Wildman–Crippen MR) is 91.5 cm³/mol. The SMILES string of the molecule is COCCN(CCOC)C(=O)c1cccc(Nc2nccs2)c1. The lowest BCUT2D eigenvalue weighted by atomic mass is 10.1. The van der Waals surface area contributed by atoms with Crippen LogP contribution in [0.4, 0.5) is 10.8 Å². The van der Waals surface area contributed by atoms with Crippen molar-refractivity contribution in [1.82, 2.24) is 9.88 Å². The minimum Gasteiger partial charge on any atom is -0.383 e. The number of nitrogens with one attached hydrogen (secondary N) is 1. The Morgan fingerprint density at radius 1 is 1.26 bits per heavy atom. The number of carbonyl (C=O) groups is 1. The number of ether oxygens (including phenoxy) is 2. The number of rotatable bonds is 9. The standard InChI is InChI=1S/C16H21N3O3S/c1-21-9-7-19(8-10-22-2)15(20)13-4-3-5-14(12-13)18-16-17-6-11-23-16/h3-6,11-12H,7-10H2,1-2H3,(H,17,18). The summed E-state index contributed by atoms with van der Waals surface area (Å²) in [5.74, 6) is -0.0399. The molecule has 1 aromatic carbocycles. The van der Waals surface area contributed by atoms with Crippen LogP contribution < -0.4 is 5.32 Å². The Morgan fingerprint density at radius 2 is 2.00 bits per heavy atom. The molecule has 0 aliphatic heterocycles. The first-order chi connectivity index (χ1) is 11.2. The van der Waals surface area contributed by atoms with Gasteiger partial charge in [0, 0.05) is 50.1 Å². The topological polar surface area (TPSA) is 63.7 Å². The van der Waals surface area contributed by atoms with Gasteiger partial charge in [0.1, 0.15) is 0 Å². The molecule has 2 aromatic rings. The van der Waals surface area contributed by atoms with Gasteiger partial charge in [0.25, 0.3) is 5.91 Å². The summed E-state index contributed by atoms with van der Waals surface area (Å²) >= 11 is 1.51. The van der Waals surface area contributed by atoms with E-state index in [2.05, 4.69) is 10.3 Å². The van der Waals surface area contributed by atoms with Crippen LogP contribution in [0.15, 0.2) is 35.8 Å². The van der Waals surface area contributed by atoms with Gasteiger partial charge in [0.05, 0.1) is 13.2 Å². The molecule has 0 spiro atoms. The molecule has 0 unspecified atom stereocenters. The van der Waals surface area contributed by atoms with Crippen molar-refractivity contribution in [3.05, 3.63) is 41.4 Å². The summed E-state index contributed by atoms with van der Waals surface area (Å²) in [4.78, 5) is 18.6. The zero-order valence-corrected chi connectivity index (χ0v) is 14.1. The maximum Gasteiger partial charge on any atom is 0.254 e. The van der Waals surface area contributed by atoms with Crippen LogP contribution in [0.3, 0.4) is 0 Å². The maximum absolute atomic E-state index is 12.7. The molecule has 0 aliphatic carbocycles. The molecule has 7 heteroatoms. The molecule has 2 rings (SSSR count). The molecule has 0 saturated carbocycles. The van der Waals surface area contributed by atoms with Crippen molar-refractivity contribution in [2.24, 2.45) is 0 Å². The second kappa shape index (κ2) is 9.24. The Labute approximate surface area is 140 Å². The van der Waals surface area contributed by atoms with Crippen LogP contribution in [0.1, 0.15) is 10.4 Å². The van der Waals surface area contributed by atoms with Gasteiger partial charge in [-0.05, 0) is 18.2 Å². The molecule has 6 nitrogen and oxygen atoms in total. The molecule has 0 saturated heterocycles. The van der Waals surface area contributed by atoms with Crippen molar-refractivity contribution >= 4 is 28.1 Å². The van der Waals surface area contributed by atoms with Gasteiger partial charge in [-0.2, -0.15) is 0 Å². The van der Waals surface area contributed by atoms with Crippen LogP contribution in [0.25, 0.3) is 0 Å². The average molecular weight is 335 g/mol. The second-order valence-corrected chi connectivity index (χ2v) is 5.72. The van der Waals surface area contributed by atoms with E-state index in [0.717, 1.165) is 10.8 Å². The lowest BCUT2D eigenvalue weighted by Crippen LogP contribution is -2.36. The van der Waals surface area contributed by atoms with Crippen LogP contribution in [0, 0.1) is 0 Å². The molecule has 1 N–H and O–H groups in total. The number of methoxy groups -OCH3 is 2. The molecule has 1 heterocycles. The Balaban J connectivity index is 2.09. The van der Waals surface area contributed by atoms with E-state index < -0.39 is 0 Å². The van der Waals surface area contributed by atoms with Gasteiger partial charge in [-0.3, -0.25) is 4.79 Å². The van der Waals surface area contributed by atoms with Crippen molar-refractivity contribution in [2.75, 3.05) is 45.8 Å². The third-order valence-electron chi connectivity index (χ3n) is 3.21. The van der Waals surface area contributed by atoms with Crippen molar-refractivity contribution in [3.63, 3.8) is 0 Å². The highest BCUT2D eigenvalue weighted by molar-refractivity contribution is 7.13. The zero-order chi connectivity index (χ0) is 16.5. The molecule has 0 radical (unpaired) electrons. The number of anilines is 2. The number of thiazole rings is 1. The monoisotopic (exact) mass is 335 g/mol. The predicted octanol–water partition coefficient (Wildman–Crippen LogP) is 2.62. The largest absolute Gasteiger partial charge is 0.383 e. The fourth-order valence-electron chi connectivity index (χ4n) is 2.04. The van der Waals surface area contributed by atoms with E-state index in [4.69, 9.17) is 9.47 Å². The van der Waals surface area contributed by atoms with Crippen LogP contribution in [-0.4, -0.2) is 56.3 Å². The number of nitrogens with zero attached hydrogens (tertiary/aromatic N) is 2. The minimum absolute atomic E-state index is 0.0399. The highest BCUT2D eigenvalue weighted by atomic mass is 32.1. The number of carbonyl (C=O) groups excluding carboxylic acids is 1. The normalized spacial score (nSPS) is 10.5. The summed E-state index contributed by atoms with van der Waals surface area (Å²) in [6.45, 7) is 2.05.